The summed E-state index contributed by atoms with van der Waals surface area (Å²) in [6.07, 6.45) is 2.78. The highest BCUT2D eigenvalue weighted by Gasteiger charge is 2.49. The highest BCUT2D eigenvalue weighted by molar-refractivity contribution is 6.08. The molecule has 0 spiro atoms. The smallest absolute Gasteiger partial charge is 0.325 e. The number of nitrogens with one attached hydrogen (secondary N) is 3. The molecular weight excluding hydrogens is 284 g/mol. The van der Waals surface area contributed by atoms with E-state index < -0.39 is 11.6 Å². The summed E-state index contributed by atoms with van der Waals surface area (Å²) < 4.78 is 0. The zero-order valence-corrected chi connectivity index (χ0v) is 13.6. The lowest BCUT2D eigenvalue weighted by atomic mass is 9.93. The van der Waals surface area contributed by atoms with Crippen LogP contribution in [0.3, 0.4) is 0 Å². The van der Waals surface area contributed by atoms with Crippen molar-refractivity contribution >= 4 is 17.8 Å². The minimum Gasteiger partial charge on any atom is -0.352 e. The van der Waals surface area contributed by atoms with Crippen molar-refractivity contribution in [1.82, 2.24) is 20.9 Å². The van der Waals surface area contributed by atoms with E-state index in [2.05, 4.69) is 22.9 Å². The Hall–Kier alpha value is -1.63. The summed E-state index contributed by atoms with van der Waals surface area (Å²) in [6, 6.07) is -0.00208. The van der Waals surface area contributed by atoms with Gasteiger partial charge in [0.05, 0.1) is 0 Å². The van der Waals surface area contributed by atoms with E-state index in [1.165, 1.54) is 0 Å². The standard InChI is InChI=1S/C15H26N4O3/c1-4-15(5-2)13(21)19(14(22)18-15)9-12(20)17-11-6-7-16-10(3)8-11/h10-11,16H,4-9H2,1-3H3,(H,17,20)(H,18,22). The normalized spacial score (nSPS) is 27.7. The summed E-state index contributed by atoms with van der Waals surface area (Å²) in [5, 5.41) is 8.98. The molecule has 0 aromatic rings. The maximum atomic E-state index is 12.4. The lowest BCUT2D eigenvalue weighted by molar-refractivity contribution is -0.135. The summed E-state index contributed by atoms with van der Waals surface area (Å²) >= 11 is 0. The topological polar surface area (TPSA) is 90.5 Å². The van der Waals surface area contributed by atoms with Gasteiger partial charge in [0.25, 0.3) is 5.91 Å². The molecule has 22 heavy (non-hydrogen) atoms. The van der Waals surface area contributed by atoms with Crippen LogP contribution in [-0.4, -0.2) is 53.5 Å². The van der Waals surface area contributed by atoms with Crippen molar-refractivity contribution in [3.8, 4) is 0 Å². The Kier molecular flexibility index (Phi) is 5.05. The molecule has 4 amide bonds. The molecule has 2 unspecified atom stereocenters. The third-order valence-corrected chi connectivity index (χ3v) is 4.74. The molecule has 0 aromatic heterocycles. The molecule has 7 nitrogen and oxygen atoms in total. The summed E-state index contributed by atoms with van der Waals surface area (Å²) in [4.78, 5) is 37.6. The van der Waals surface area contributed by atoms with Gasteiger partial charge in [-0.15, -0.1) is 0 Å². The monoisotopic (exact) mass is 310 g/mol. The van der Waals surface area contributed by atoms with E-state index in [-0.39, 0.29) is 24.4 Å². The van der Waals surface area contributed by atoms with E-state index in [0.717, 1.165) is 24.3 Å². The molecule has 124 valence electrons. The number of carbonyl (C=O) groups is 3. The van der Waals surface area contributed by atoms with Gasteiger partial charge < -0.3 is 16.0 Å². The van der Waals surface area contributed by atoms with Crippen molar-refractivity contribution in [1.29, 1.82) is 0 Å². The lowest BCUT2D eigenvalue weighted by Gasteiger charge is -2.29. The SMILES string of the molecule is CCC1(CC)NC(=O)N(CC(=O)NC2CCNC(C)C2)C1=O. The summed E-state index contributed by atoms with van der Waals surface area (Å²) in [7, 11) is 0. The van der Waals surface area contributed by atoms with Crippen molar-refractivity contribution in [3.05, 3.63) is 0 Å². The largest absolute Gasteiger partial charge is 0.352 e. The van der Waals surface area contributed by atoms with Gasteiger partial charge in [-0.1, -0.05) is 13.8 Å². The average molecular weight is 310 g/mol. The van der Waals surface area contributed by atoms with E-state index in [0.29, 0.717) is 18.9 Å². The van der Waals surface area contributed by atoms with Crippen LogP contribution in [0.25, 0.3) is 0 Å². The number of piperidine rings is 1. The fraction of sp³-hybridized carbons (Fsp3) is 0.800. The molecule has 3 N–H and O–H groups in total. The van der Waals surface area contributed by atoms with E-state index in [1.807, 2.05) is 13.8 Å². The quantitative estimate of drug-likeness (QED) is 0.639. The molecule has 2 fully saturated rings. The number of urea groups is 1. The first-order chi connectivity index (χ1) is 10.4. The second-order valence-corrected chi connectivity index (χ2v) is 6.25. The first-order valence-corrected chi connectivity index (χ1v) is 8.08. The van der Waals surface area contributed by atoms with Crippen LogP contribution in [0.4, 0.5) is 4.79 Å². The average Bonchev–Trinajstić information content (AvgIpc) is 2.72. The molecule has 7 heteroatoms. The van der Waals surface area contributed by atoms with Gasteiger partial charge in [0.1, 0.15) is 12.1 Å². The molecule has 0 radical (unpaired) electrons. The van der Waals surface area contributed by atoms with Gasteiger partial charge in [0.2, 0.25) is 5.91 Å². The minimum absolute atomic E-state index is 0.103. The molecule has 2 saturated heterocycles. The molecule has 2 aliphatic heterocycles. The highest BCUT2D eigenvalue weighted by atomic mass is 16.2. The van der Waals surface area contributed by atoms with Gasteiger partial charge in [-0.3, -0.25) is 14.5 Å². The van der Waals surface area contributed by atoms with Gasteiger partial charge in [-0.05, 0) is 39.2 Å². The predicted octanol–water partition coefficient (Wildman–Crippen LogP) is 0.354. The highest BCUT2D eigenvalue weighted by Crippen LogP contribution is 2.24. The Balaban J connectivity index is 1.94. The molecule has 0 aromatic carbocycles. The van der Waals surface area contributed by atoms with Crippen molar-refractivity contribution in [2.45, 2.75) is 64.1 Å². The second-order valence-electron chi connectivity index (χ2n) is 6.25. The Morgan fingerprint density at radius 2 is 2.05 bits per heavy atom. The molecular formula is C15H26N4O3. The molecule has 2 heterocycles. The van der Waals surface area contributed by atoms with Crippen LogP contribution in [0.15, 0.2) is 0 Å². The number of carbonyl (C=O) groups excluding carboxylic acids is 3. The van der Waals surface area contributed by atoms with Crippen LogP contribution in [0, 0.1) is 0 Å². The van der Waals surface area contributed by atoms with Crippen LogP contribution in [0.1, 0.15) is 46.5 Å². The van der Waals surface area contributed by atoms with E-state index in [1.54, 1.807) is 0 Å². The molecule has 0 aliphatic carbocycles. The number of rotatable bonds is 5. The van der Waals surface area contributed by atoms with Crippen molar-refractivity contribution in [3.63, 3.8) is 0 Å². The molecule has 0 bridgehead atoms. The van der Waals surface area contributed by atoms with E-state index in [4.69, 9.17) is 0 Å². The number of hydrogen-bond donors (Lipinski definition) is 3. The van der Waals surface area contributed by atoms with Crippen molar-refractivity contribution in [2.75, 3.05) is 13.1 Å². The Morgan fingerprint density at radius 1 is 1.36 bits per heavy atom. The maximum Gasteiger partial charge on any atom is 0.325 e. The van der Waals surface area contributed by atoms with Crippen molar-refractivity contribution < 1.29 is 14.4 Å². The van der Waals surface area contributed by atoms with Gasteiger partial charge in [-0.25, -0.2) is 4.79 Å². The van der Waals surface area contributed by atoms with Gasteiger partial charge in [0, 0.05) is 12.1 Å². The van der Waals surface area contributed by atoms with Crippen molar-refractivity contribution in [2.24, 2.45) is 0 Å². The van der Waals surface area contributed by atoms with Crippen LogP contribution in [0.5, 0.6) is 0 Å². The van der Waals surface area contributed by atoms with E-state index >= 15 is 0 Å². The number of imide groups is 1. The Bertz CT molecular complexity index is 462. The van der Waals surface area contributed by atoms with Crippen LogP contribution in [-0.2, 0) is 9.59 Å². The molecule has 2 atom stereocenters. The fourth-order valence-corrected chi connectivity index (χ4v) is 3.23. The number of nitrogens with zero attached hydrogens (tertiary/aromatic N) is 1. The number of hydrogen-bond acceptors (Lipinski definition) is 4. The predicted molar refractivity (Wildman–Crippen MR) is 82.2 cm³/mol. The Labute approximate surface area is 131 Å². The zero-order chi connectivity index (χ0) is 16.3. The summed E-state index contributed by atoms with van der Waals surface area (Å²) in [5.41, 5.74) is -0.847. The zero-order valence-electron chi connectivity index (χ0n) is 13.6. The fourth-order valence-electron chi connectivity index (χ4n) is 3.23. The van der Waals surface area contributed by atoms with Crippen LogP contribution < -0.4 is 16.0 Å². The van der Waals surface area contributed by atoms with E-state index in [9.17, 15) is 14.4 Å². The van der Waals surface area contributed by atoms with Crippen LogP contribution in [0.2, 0.25) is 0 Å². The summed E-state index contributed by atoms with van der Waals surface area (Å²) in [5.74, 6) is -0.568. The first-order valence-electron chi connectivity index (χ1n) is 8.08. The molecule has 0 saturated carbocycles. The minimum atomic E-state index is -0.847. The molecule has 2 aliphatic rings. The van der Waals surface area contributed by atoms with Gasteiger partial charge in [0.15, 0.2) is 0 Å². The lowest BCUT2D eigenvalue weighted by Crippen LogP contribution is -2.50. The number of amides is 4. The first kappa shape index (κ1) is 16.7. The van der Waals surface area contributed by atoms with Gasteiger partial charge >= 0.3 is 6.03 Å². The summed E-state index contributed by atoms with van der Waals surface area (Å²) in [6.45, 7) is 6.46. The van der Waals surface area contributed by atoms with Gasteiger partial charge in [-0.2, -0.15) is 0 Å². The Morgan fingerprint density at radius 3 is 2.59 bits per heavy atom. The third kappa shape index (κ3) is 3.24. The second kappa shape index (κ2) is 6.64. The van der Waals surface area contributed by atoms with Crippen LogP contribution >= 0.6 is 0 Å². The third-order valence-electron chi connectivity index (χ3n) is 4.74. The maximum absolute atomic E-state index is 12.4. The molecule has 2 rings (SSSR count).